The maximum Gasteiger partial charge on any atom is 0.330 e. The SMILES string of the molecule is CCOC(=O)C1C(=O)C(=O)N(C2CCCCC2)C1C(=O)OCC. The average Bonchev–Trinajstić information content (AvgIpc) is 2.81. The van der Waals surface area contributed by atoms with E-state index in [0.29, 0.717) is 0 Å². The number of likely N-dealkylation sites (tertiary alicyclic amines) is 1. The number of ketones is 1. The molecule has 1 heterocycles. The molecule has 0 N–H and O–H groups in total. The fourth-order valence-corrected chi connectivity index (χ4v) is 3.39. The number of carbonyl (C=O) groups excluding carboxylic acids is 4. The minimum absolute atomic E-state index is 0.0791. The van der Waals surface area contributed by atoms with Crippen LogP contribution in [0.1, 0.15) is 46.0 Å². The highest BCUT2D eigenvalue weighted by Gasteiger charge is 2.57. The molecule has 1 aliphatic heterocycles. The van der Waals surface area contributed by atoms with Gasteiger partial charge in [0.2, 0.25) is 5.78 Å². The fourth-order valence-electron chi connectivity index (χ4n) is 3.39. The molecule has 7 nitrogen and oxygen atoms in total. The van der Waals surface area contributed by atoms with Gasteiger partial charge in [-0.3, -0.25) is 14.4 Å². The van der Waals surface area contributed by atoms with E-state index in [1.165, 1.54) is 4.90 Å². The molecule has 2 fully saturated rings. The third-order valence-corrected chi connectivity index (χ3v) is 4.38. The quantitative estimate of drug-likeness (QED) is 0.423. The van der Waals surface area contributed by atoms with Gasteiger partial charge < -0.3 is 14.4 Å². The Kier molecular flexibility index (Phi) is 5.74. The van der Waals surface area contributed by atoms with E-state index in [2.05, 4.69) is 0 Å². The van der Waals surface area contributed by atoms with E-state index in [1.54, 1.807) is 13.8 Å². The summed E-state index contributed by atoms with van der Waals surface area (Å²) in [7, 11) is 0. The number of nitrogens with zero attached hydrogens (tertiary/aromatic N) is 1. The molecule has 0 aromatic heterocycles. The largest absolute Gasteiger partial charge is 0.465 e. The summed E-state index contributed by atoms with van der Waals surface area (Å²) in [5, 5.41) is 0. The molecule has 2 aliphatic rings. The van der Waals surface area contributed by atoms with E-state index in [9.17, 15) is 19.2 Å². The van der Waals surface area contributed by atoms with Crippen molar-refractivity contribution in [3.8, 4) is 0 Å². The molecule has 2 rings (SSSR count). The van der Waals surface area contributed by atoms with Crippen LogP contribution >= 0.6 is 0 Å². The van der Waals surface area contributed by atoms with Gasteiger partial charge in [-0.05, 0) is 26.7 Å². The van der Waals surface area contributed by atoms with Gasteiger partial charge in [0, 0.05) is 6.04 Å². The van der Waals surface area contributed by atoms with Gasteiger partial charge in [-0.1, -0.05) is 19.3 Å². The summed E-state index contributed by atoms with van der Waals surface area (Å²) in [6, 6.07) is -1.40. The zero-order valence-corrected chi connectivity index (χ0v) is 13.6. The summed E-state index contributed by atoms with van der Waals surface area (Å²) >= 11 is 0. The highest BCUT2D eigenvalue weighted by molar-refractivity contribution is 6.43. The summed E-state index contributed by atoms with van der Waals surface area (Å²) in [5.41, 5.74) is 0. The summed E-state index contributed by atoms with van der Waals surface area (Å²) < 4.78 is 9.90. The van der Waals surface area contributed by atoms with Crippen LogP contribution in [0.4, 0.5) is 0 Å². The number of amides is 1. The van der Waals surface area contributed by atoms with Crippen molar-refractivity contribution in [1.29, 1.82) is 0 Å². The van der Waals surface area contributed by atoms with E-state index < -0.39 is 35.6 Å². The predicted molar refractivity (Wildman–Crippen MR) is 79.3 cm³/mol. The molecule has 1 saturated carbocycles. The maximum atomic E-state index is 12.4. The van der Waals surface area contributed by atoms with Crippen LogP contribution in [0.25, 0.3) is 0 Å². The van der Waals surface area contributed by atoms with Gasteiger partial charge >= 0.3 is 11.9 Å². The van der Waals surface area contributed by atoms with Crippen LogP contribution in [0.15, 0.2) is 0 Å². The number of rotatable bonds is 5. The van der Waals surface area contributed by atoms with Crippen LogP contribution in [-0.2, 0) is 28.7 Å². The van der Waals surface area contributed by atoms with E-state index in [4.69, 9.17) is 9.47 Å². The summed E-state index contributed by atoms with van der Waals surface area (Å²) in [4.78, 5) is 50.4. The Morgan fingerprint density at radius 2 is 1.57 bits per heavy atom. The second kappa shape index (κ2) is 7.57. The Balaban J connectivity index is 2.33. The first kappa shape index (κ1) is 17.4. The average molecular weight is 325 g/mol. The van der Waals surface area contributed by atoms with E-state index in [0.717, 1.165) is 32.1 Å². The van der Waals surface area contributed by atoms with Gasteiger partial charge in [0.15, 0.2) is 12.0 Å². The molecule has 1 saturated heterocycles. The number of ether oxygens (including phenoxy) is 2. The number of Topliss-reactive ketones (excluding diaryl/α,β-unsaturated/α-hetero) is 1. The zero-order chi connectivity index (χ0) is 17.0. The van der Waals surface area contributed by atoms with E-state index in [-0.39, 0.29) is 19.3 Å². The normalized spacial score (nSPS) is 25.6. The molecule has 23 heavy (non-hydrogen) atoms. The van der Waals surface area contributed by atoms with Gasteiger partial charge in [-0.15, -0.1) is 0 Å². The molecule has 2 unspecified atom stereocenters. The number of esters is 2. The Bertz CT molecular complexity index is 497. The number of hydrogen-bond donors (Lipinski definition) is 0. The molecule has 7 heteroatoms. The minimum Gasteiger partial charge on any atom is -0.465 e. The molecule has 1 aliphatic carbocycles. The lowest BCUT2D eigenvalue weighted by Gasteiger charge is -2.34. The lowest BCUT2D eigenvalue weighted by Crippen LogP contribution is -2.50. The van der Waals surface area contributed by atoms with Crippen LogP contribution in [0.3, 0.4) is 0 Å². The smallest absolute Gasteiger partial charge is 0.330 e. The van der Waals surface area contributed by atoms with Crippen molar-refractivity contribution in [3.63, 3.8) is 0 Å². The summed E-state index contributed by atoms with van der Waals surface area (Å²) in [5.74, 6) is -4.60. The second-order valence-corrected chi connectivity index (χ2v) is 5.80. The molecule has 1 amide bonds. The monoisotopic (exact) mass is 325 g/mol. The number of carbonyl (C=O) groups is 4. The molecule has 0 aromatic rings. The van der Waals surface area contributed by atoms with Crippen molar-refractivity contribution in [2.75, 3.05) is 13.2 Å². The van der Waals surface area contributed by atoms with E-state index in [1.807, 2.05) is 0 Å². The van der Waals surface area contributed by atoms with Gasteiger partial charge in [-0.25, -0.2) is 4.79 Å². The molecule has 2 atom stereocenters. The molecular formula is C16H23NO6. The van der Waals surface area contributed by atoms with Crippen molar-refractivity contribution in [3.05, 3.63) is 0 Å². The Morgan fingerprint density at radius 3 is 2.13 bits per heavy atom. The Morgan fingerprint density at radius 1 is 1.00 bits per heavy atom. The van der Waals surface area contributed by atoms with Crippen molar-refractivity contribution in [2.45, 2.75) is 58.0 Å². The first-order valence-corrected chi connectivity index (χ1v) is 8.22. The van der Waals surface area contributed by atoms with Gasteiger partial charge in [0.25, 0.3) is 5.91 Å². The van der Waals surface area contributed by atoms with Crippen LogP contribution in [0.5, 0.6) is 0 Å². The Hall–Kier alpha value is -1.92. The lowest BCUT2D eigenvalue weighted by molar-refractivity contribution is -0.161. The molecule has 0 radical (unpaired) electrons. The first-order chi connectivity index (χ1) is 11.0. The predicted octanol–water partition coefficient (Wildman–Crippen LogP) is 0.841. The van der Waals surface area contributed by atoms with Crippen LogP contribution in [0.2, 0.25) is 0 Å². The molecule has 0 aromatic carbocycles. The third-order valence-electron chi connectivity index (χ3n) is 4.38. The minimum atomic E-state index is -1.41. The summed E-state index contributed by atoms with van der Waals surface area (Å²) in [6.07, 6.45) is 4.39. The summed E-state index contributed by atoms with van der Waals surface area (Å²) in [6.45, 7) is 3.44. The first-order valence-electron chi connectivity index (χ1n) is 8.22. The molecule has 128 valence electrons. The van der Waals surface area contributed by atoms with Crippen molar-refractivity contribution >= 4 is 23.6 Å². The van der Waals surface area contributed by atoms with Gasteiger partial charge in [0.05, 0.1) is 13.2 Å². The van der Waals surface area contributed by atoms with Crippen molar-refractivity contribution < 1.29 is 28.7 Å². The van der Waals surface area contributed by atoms with E-state index >= 15 is 0 Å². The fraction of sp³-hybridized carbons (Fsp3) is 0.750. The number of hydrogen-bond acceptors (Lipinski definition) is 6. The third kappa shape index (κ3) is 3.38. The Labute approximate surface area is 135 Å². The second-order valence-electron chi connectivity index (χ2n) is 5.80. The van der Waals surface area contributed by atoms with Gasteiger partial charge in [0.1, 0.15) is 0 Å². The molecule has 0 spiro atoms. The topological polar surface area (TPSA) is 90.0 Å². The molecule has 0 bridgehead atoms. The highest BCUT2D eigenvalue weighted by atomic mass is 16.5. The van der Waals surface area contributed by atoms with Crippen LogP contribution in [-0.4, -0.2) is 53.8 Å². The van der Waals surface area contributed by atoms with Gasteiger partial charge in [-0.2, -0.15) is 0 Å². The van der Waals surface area contributed by atoms with Crippen LogP contribution < -0.4 is 0 Å². The standard InChI is InChI=1S/C16H23NO6/c1-3-22-15(20)11-12(16(21)23-4-2)17(14(19)13(11)18)10-8-6-5-7-9-10/h10-12H,3-9H2,1-2H3. The van der Waals surface area contributed by atoms with Crippen molar-refractivity contribution in [2.24, 2.45) is 5.92 Å². The lowest BCUT2D eigenvalue weighted by atomic mass is 9.92. The van der Waals surface area contributed by atoms with Crippen LogP contribution in [0, 0.1) is 5.92 Å². The maximum absolute atomic E-state index is 12.4. The highest BCUT2D eigenvalue weighted by Crippen LogP contribution is 2.33. The zero-order valence-electron chi connectivity index (χ0n) is 13.6. The molecular weight excluding hydrogens is 302 g/mol. The van der Waals surface area contributed by atoms with Crippen molar-refractivity contribution in [1.82, 2.24) is 4.90 Å².